The number of hydrogen-bond donors (Lipinski definition) is 2. The summed E-state index contributed by atoms with van der Waals surface area (Å²) in [6, 6.07) is 11.2. The van der Waals surface area contributed by atoms with Gasteiger partial charge in [0.15, 0.2) is 11.5 Å². The number of H-pyrrole nitrogens is 1. The van der Waals surface area contributed by atoms with E-state index in [1.54, 1.807) is 0 Å². The second-order valence-corrected chi connectivity index (χ2v) is 4.79. The smallest absolute Gasteiger partial charge is 0.222 e. The molecule has 1 aromatic carbocycles. The number of carbonyl (C=O) groups is 1. The van der Waals surface area contributed by atoms with Crippen molar-refractivity contribution < 1.29 is 4.79 Å². The van der Waals surface area contributed by atoms with Gasteiger partial charge < -0.3 is 5.32 Å². The van der Waals surface area contributed by atoms with Crippen LogP contribution < -0.4 is 5.32 Å². The Morgan fingerprint density at radius 2 is 1.95 bits per heavy atom. The molecule has 0 bridgehead atoms. The minimum Gasteiger partial charge on any atom is -0.309 e. The number of amides is 1. The number of nitrogens with zero attached hydrogens (tertiary/aromatic N) is 2. The first-order valence-electron chi connectivity index (χ1n) is 6.02. The summed E-state index contributed by atoms with van der Waals surface area (Å²) in [5.74, 6) is 0.322. The van der Waals surface area contributed by atoms with Crippen LogP contribution in [-0.2, 0) is 4.79 Å². The Bertz CT molecular complexity index is 779. The van der Waals surface area contributed by atoms with Crippen LogP contribution in [0.2, 0.25) is 5.02 Å². The van der Waals surface area contributed by atoms with Crippen molar-refractivity contribution in [1.29, 1.82) is 0 Å². The van der Waals surface area contributed by atoms with Crippen molar-refractivity contribution in [3.05, 3.63) is 41.4 Å². The average molecular weight is 287 g/mol. The van der Waals surface area contributed by atoms with Gasteiger partial charge in [0.1, 0.15) is 0 Å². The molecule has 2 aromatic heterocycles. The second-order valence-electron chi connectivity index (χ2n) is 4.35. The normalized spacial score (nSPS) is 10.7. The number of aromatic nitrogens is 3. The number of aromatic amines is 1. The summed E-state index contributed by atoms with van der Waals surface area (Å²) >= 11 is 5.87. The van der Waals surface area contributed by atoms with E-state index >= 15 is 0 Å². The third-order valence-electron chi connectivity index (χ3n) is 2.86. The predicted molar refractivity (Wildman–Crippen MR) is 78.6 cm³/mol. The van der Waals surface area contributed by atoms with Crippen LogP contribution in [0.15, 0.2) is 36.4 Å². The lowest BCUT2D eigenvalue weighted by atomic mass is 10.1. The van der Waals surface area contributed by atoms with Gasteiger partial charge in [0.05, 0.1) is 11.1 Å². The monoisotopic (exact) mass is 286 g/mol. The first-order chi connectivity index (χ1) is 9.63. The molecule has 6 heteroatoms. The van der Waals surface area contributed by atoms with E-state index in [2.05, 4.69) is 20.5 Å². The zero-order chi connectivity index (χ0) is 14.1. The number of carbonyl (C=O) groups excluding carboxylic acids is 1. The van der Waals surface area contributed by atoms with Crippen LogP contribution in [0, 0.1) is 0 Å². The average Bonchev–Trinajstić information content (AvgIpc) is 2.81. The summed E-state index contributed by atoms with van der Waals surface area (Å²) < 4.78 is 0. The maximum Gasteiger partial charge on any atom is 0.222 e. The predicted octanol–water partition coefficient (Wildman–Crippen LogP) is 3.24. The molecule has 5 nitrogen and oxygen atoms in total. The van der Waals surface area contributed by atoms with Gasteiger partial charge >= 0.3 is 0 Å². The summed E-state index contributed by atoms with van der Waals surface area (Å²) in [5.41, 5.74) is 2.40. The molecule has 0 radical (unpaired) electrons. The second kappa shape index (κ2) is 4.94. The zero-order valence-corrected chi connectivity index (χ0v) is 11.4. The van der Waals surface area contributed by atoms with Crippen molar-refractivity contribution in [1.82, 2.24) is 15.2 Å². The molecular weight excluding hydrogens is 276 g/mol. The zero-order valence-electron chi connectivity index (χ0n) is 10.6. The van der Waals surface area contributed by atoms with Crippen molar-refractivity contribution >= 4 is 34.4 Å². The molecule has 0 atom stereocenters. The Balaban J connectivity index is 2.03. The standard InChI is InChI=1S/C14H11ClN4O/c1-8(20)16-13-11-6-7-12(17-14(11)19-18-13)9-2-4-10(15)5-3-9/h2-7H,1H3,(H2,16,17,18,19,20). The highest BCUT2D eigenvalue weighted by Crippen LogP contribution is 2.24. The van der Waals surface area contributed by atoms with Gasteiger partial charge in [0, 0.05) is 17.5 Å². The molecule has 0 saturated carbocycles. The van der Waals surface area contributed by atoms with Crippen LogP contribution in [0.1, 0.15) is 6.92 Å². The van der Waals surface area contributed by atoms with Gasteiger partial charge in [-0.2, -0.15) is 5.10 Å². The van der Waals surface area contributed by atoms with Crippen LogP contribution in [0.5, 0.6) is 0 Å². The lowest BCUT2D eigenvalue weighted by Gasteiger charge is -2.01. The van der Waals surface area contributed by atoms with E-state index in [0.717, 1.165) is 16.6 Å². The van der Waals surface area contributed by atoms with E-state index in [-0.39, 0.29) is 5.91 Å². The third-order valence-corrected chi connectivity index (χ3v) is 3.11. The first kappa shape index (κ1) is 12.6. The molecule has 0 aliphatic carbocycles. The van der Waals surface area contributed by atoms with Gasteiger partial charge in [-0.1, -0.05) is 23.7 Å². The first-order valence-corrected chi connectivity index (χ1v) is 6.40. The third kappa shape index (κ3) is 2.35. The molecular formula is C14H11ClN4O. The summed E-state index contributed by atoms with van der Waals surface area (Å²) in [6.45, 7) is 1.44. The Hall–Kier alpha value is -2.40. The van der Waals surface area contributed by atoms with Crippen LogP contribution in [0.25, 0.3) is 22.3 Å². The SMILES string of the molecule is CC(=O)Nc1n[nH]c2nc(-c3ccc(Cl)cc3)ccc12. The fourth-order valence-electron chi connectivity index (χ4n) is 1.95. The van der Waals surface area contributed by atoms with E-state index in [1.165, 1.54) is 6.92 Å². The topological polar surface area (TPSA) is 70.7 Å². The molecule has 0 spiro atoms. The van der Waals surface area contributed by atoms with E-state index in [0.29, 0.717) is 16.5 Å². The van der Waals surface area contributed by atoms with Crippen molar-refractivity contribution in [2.75, 3.05) is 5.32 Å². The van der Waals surface area contributed by atoms with Gasteiger partial charge in [-0.25, -0.2) is 4.98 Å². The van der Waals surface area contributed by atoms with E-state index < -0.39 is 0 Å². The number of rotatable bonds is 2. The Kier molecular flexibility index (Phi) is 3.12. The molecule has 0 saturated heterocycles. The molecule has 0 aliphatic heterocycles. The Morgan fingerprint density at radius 1 is 1.20 bits per heavy atom. The molecule has 3 aromatic rings. The number of fused-ring (bicyclic) bond motifs is 1. The van der Waals surface area contributed by atoms with Gasteiger partial charge in [0.2, 0.25) is 5.91 Å². The summed E-state index contributed by atoms with van der Waals surface area (Å²) in [5, 5.41) is 11.0. The van der Waals surface area contributed by atoms with Gasteiger partial charge in [-0.05, 0) is 24.3 Å². The van der Waals surface area contributed by atoms with E-state index in [9.17, 15) is 4.79 Å². The van der Waals surface area contributed by atoms with Gasteiger partial charge in [-0.3, -0.25) is 9.89 Å². The molecule has 100 valence electrons. The molecule has 0 fully saturated rings. The number of anilines is 1. The molecule has 20 heavy (non-hydrogen) atoms. The molecule has 0 aliphatic rings. The highest BCUT2D eigenvalue weighted by Gasteiger charge is 2.09. The molecule has 0 unspecified atom stereocenters. The largest absolute Gasteiger partial charge is 0.309 e. The highest BCUT2D eigenvalue weighted by atomic mass is 35.5. The van der Waals surface area contributed by atoms with Crippen molar-refractivity contribution in [2.45, 2.75) is 6.92 Å². The van der Waals surface area contributed by atoms with Crippen molar-refractivity contribution in [3.63, 3.8) is 0 Å². The molecule has 1 amide bonds. The molecule has 2 heterocycles. The molecule has 3 rings (SSSR count). The minimum absolute atomic E-state index is 0.167. The summed E-state index contributed by atoms with van der Waals surface area (Å²) in [4.78, 5) is 15.6. The number of benzene rings is 1. The van der Waals surface area contributed by atoms with Crippen LogP contribution >= 0.6 is 11.6 Å². The maximum absolute atomic E-state index is 11.1. The van der Waals surface area contributed by atoms with Crippen molar-refractivity contribution in [3.8, 4) is 11.3 Å². The number of pyridine rings is 1. The Labute approximate surface area is 120 Å². The lowest BCUT2D eigenvalue weighted by Crippen LogP contribution is -2.06. The van der Waals surface area contributed by atoms with Gasteiger partial charge in [-0.15, -0.1) is 0 Å². The summed E-state index contributed by atoms with van der Waals surface area (Å²) in [6.07, 6.45) is 0. The van der Waals surface area contributed by atoms with E-state index in [1.807, 2.05) is 36.4 Å². The summed E-state index contributed by atoms with van der Waals surface area (Å²) in [7, 11) is 0. The van der Waals surface area contributed by atoms with Gasteiger partial charge in [0.25, 0.3) is 0 Å². The van der Waals surface area contributed by atoms with Crippen molar-refractivity contribution in [2.24, 2.45) is 0 Å². The number of halogens is 1. The fourth-order valence-corrected chi connectivity index (χ4v) is 2.07. The van der Waals surface area contributed by atoms with Crippen LogP contribution in [0.4, 0.5) is 5.82 Å². The maximum atomic E-state index is 11.1. The minimum atomic E-state index is -0.167. The molecule has 2 N–H and O–H groups in total. The highest BCUT2D eigenvalue weighted by molar-refractivity contribution is 6.30. The number of nitrogens with one attached hydrogen (secondary N) is 2. The Morgan fingerprint density at radius 3 is 2.65 bits per heavy atom. The van der Waals surface area contributed by atoms with E-state index in [4.69, 9.17) is 11.6 Å². The lowest BCUT2D eigenvalue weighted by molar-refractivity contribution is -0.114. The quantitative estimate of drug-likeness (QED) is 0.760. The van der Waals surface area contributed by atoms with Crippen LogP contribution in [0.3, 0.4) is 0 Å². The fraction of sp³-hybridized carbons (Fsp3) is 0.0714. The number of hydrogen-bond acceptors (Lipinski definition) is 3. The van der Waals surface area contributed by atoms with Crippen LogP contribution in [-0.4, -0.2) is 21.1 Å².